The number of carbonyl (C=O) groups excluding carboxylic acids is 1. The van der Waals surface area contributed by atoms with Gasteiger partial charge in [0.15, 0.2) is 0 Å². The maximum Gasteiger partial charge on any atom is 0.325 e. The second-order valence-corrected chi connectivity index (χ2v) is 5.11. The van der Waals surface area contributed by atoms with Crippen molar-refractivity contribution in [2.75, 3.05) is 13.7 Å². The number of hydrogen-bond acceptors (Lipinski definition) is 4. The Morgan fingerprint density at radius 3 is 2.74 bits per heavy atom. The Kier molecular flexibility index (Phi) is 4.65. The minimum absolute atomic E-state index is 0.0827. The number of carbonyl (C=O) groups is 1. The summed E-state index contributed by atoms with van der Waals surface area (Å²) in [6.45, 7) is 0.0827. The highest BCUT2D eigenvalue weighted by Gasteiger charge is 2.11. The molecular formula is C14H13NO2S2. The van der Waals surface area contributed by atoms with Crippen LogP contribution in [0.5, 0.6) is 0 Å². The van der Waals surface area contributed by atoms with Crippen molar-refractivity contribution in [2.24, 2.45) is 0 Å². The summed E-state index contributed by atoms with van der Waals surface area (Å²) in [6.07, 6.45) is 0. The van der Waals surface area contributed by atoms with E-state index in [2.05, 4.69) is 10.1 Å². The molecule has 0 aliphatic rings. The molecule has 1 heterocycles. The Balaban J connectivity index is 2.16. The molecule has 0 aliphatic heterocycles. The Morgan fingerprint density at radius 1 is 1.32 bits per heavy atom. The molecular weight excluding hydrogens is 278 g/mol. The maximum atomic E-state index is 11.1. The fourth-order valence-electron chi connectivity index (χ4n) is 1.62. The van der Waals surface area contributed by atoms with Crippen LogP contribution in [0.4, 0.5) is 0 Å². The Bertz CT molecular complexity index is 578. The van der Waals surface area contributed by atoms with Gasteiger partial charge in [-0.1, -0.05) is 42.5 Å². The molecule has 0 atom stereocenters. The lowest BCUT2D eigenvalue weighted by Gasteiger charge is -2.08. The van der Waals surface area contributed by atoms with E-state index in [1.165, 1.54) is 7.11 Å². The van der Waals surface area contributed by atoms with Crippen LogP contribution in [0, 0.1) is 0 Å². The number of thiocarbonyl (C=S) groups is 1. The molecule has 0 saturated heterocycles. The second-order valence-electron chi connectivity index (χ2n) is 3.79. The molecule has 0 aliphatic carbocycles. The van der Waals surface area contributed by atoms with E-state index in [9.17, 15) is 4.79 Å². The zero-order valence-electron chi connectivity index (χ0n) is 10.4. The van der Waals surface area contributed by atoms with Crippen LogP contribution in [0.15, 0.2) is 41.8 Å². The van der Waals surface area contributed by atoms with Gasteiger partial charge in [-0.25, -0.2) is 0 Å². The second kappa shape index (κ2) is 6.45. The smallest absolute Gasteiger partial charge is 0.325 e. The van der Waals surface area contributed by atoms with Crippen molar-refractivity contribution in [3.05, 3.63) is 47.3 Å². The van der Waals surface area contributed by atoms with Gasteiger partial charge in [-0.05, 0) is 17.0 Å². The van der Waals surface area contributed by atoms with Gasteiger partial charge in [0.1, 0.15) is 11.5 Å². The van der Waals surface area contributed by atoms with Crippen molar-refractivity contribution < 1.29 is 9.53 Å². The van der Waals surface area contributed by atoms with Gasteiger partial charge in [0.05, 0.1) is 7.11 Å². The molecule has 0 spiro atoms. The fraction of sp³-hybridized carbons (Fsp3) is 0.143. The molecule has 1 aromatic carbocycles. The number of rotatable bonds is 4. The Labute approximate surface area is 121 Å². The Morgan fingerprint density at radius 2 is 2.05 bits per heavy atom. The van der Waals surface area contributed by atoms with E-state index >= 15 is 0 Å². The van der Waals surface area contributed by atoms with E-state index < -0.39 is 0 Å². The van der Waals surface area contributed by atoms with Gasteiger partial charge in [-0.2, -0.15) is 0 Å². The quantitative estimate of drug-likeness (QED) is 0.694. The number of nitrogens with one attached hydrogen (secondary N) is 1. The molecule has 19 heavy (non-hydrogen) atoms. The van der Waals surface area contributed by atoms with Crippen molar-refractivity contribution in [2.45, 2.75) is 0 Å². The molecule has 0 saturated carbocycles. The molecule has 2 rings (SSSR count). The molecule has 1 aromatic heterocycles. The minimum atomic E-state index is -0.334. The zero-order valence-corrected chi connectivity index (χ0v) is 12.0. The molecule has 1 N–H and O–H groups in total. The largest absolute Gasteiger partial charge is 0.468 e. The first-order valence-corrected chi connectivity index (χ1v) is 6.99. The van der Waals surface area contributed by atoms with Gasteiger partial charge in [-0.3, -0.25) is 4.79 Å². The number of ether oxygens (including phenoxy) is 1. The number of benzene rings is 1. The van der Waals surface area contributed by atoms with Crippen LogP contribution in [0.1, 0.15) is 5.56 Å². The standard InChI is InChI=1S/C14H13NO2S2/c1-17-12(16)9-15-14(18)11-7-8-19-13(11)10-5-3-2-4-6-10/h2-8H,9H2,1H3,(H,15,18). The third-order valence-corrected chi connectivity index (χ3v) is 3.89. The van der Waals surface area contributed by atoms with Crippen molar-refractivity contribution >= 4 is 34.5 Å². The van der Waals surface area contributed by atoms with Gasteiger partial charge >= 0.3 is 5.97 Å². The predicted molar refractivity (Wildman–Crippen MR) is 81.5 cm³/mol. The normalized spacial score (nSPS) is 9.95. The fourth-order valence-corrected chi connectivity index (χ4v) is 2.84. The lowest BCUT2D eigenvalue weighted by atomic mass is 10.1. The molecule has 0 amide bonds. The highest BCUT2D eigenvalue weighted by atomic mass is 32.1. The Hall–Kier alpha value is -1.72. The monoisotopic (exact) mass is 291 g/mol. The van der Waals surface area contributed by atoms with Crippen LogP contribution in [0.2, 0.25) is 0 Å². The van der Waals surface area contributed by atoms with Crippen LogP contribution >= 0.6 is 23.6 Å². The molecule has 0 radical (unpaired) electrons. The first-order valence-electron chi connectivity index (χ1n) is 5.70. The highest BCUT2D eigenvalue weighted by Crippen LogP contribution is 2.29. The van der Waals surface area contributed by atoms with Crippen LogP contribution in [0.25, 0.3) is 10.4 Å². The van der Waals surface area contributed by atoms with E-state index in [0.29, 0.717) is 4.99 Å². The van der Waals surface area contributed by atoms with E-state index in [4.69, 9.17) is 12.2 Å². The van der Waals surface area contributed by atoms with Gasteiger partial charge in [0.2, 0.25) is 0 Å². The summed E-state index contributed by atoms with van der Waals surface area (Å²) in [5.74, 6) is -0.334. The topological polar surface area (TPSA) is 38.3 Å². The van der Waals surface area contributed by atoms with E-state index in [-0.39, 0.29) is 12.5 Å². The van der Waals surface area contributed by atoms with Crippen LogP contribution in [-0.2, 0) is 9.53 Å². The van der Waals surface area contributed by atoms with Crippen molar-refractivity contribution in [3.8, 4) is 10.4 Å². The van der Waals surface area contributed by atoms with Crippen LogP contribution in [-0.4, -0.2) is 24.6 Å². The van der Waals surface area contributed by atoms with E-state index in [0.717, 1.165) is 16.0 Å². The van der Waals surface area contributed by atoms with Gasteiger partial charge in [-0.15, -0.1) is 11.3 Å². The number of thiophene rings is 1. The summed E-state index contributed by atoms with van der Waals surface area (Å²) in [6, 6.07) is 12.0. The van der Waals surface area contributed by atoms with Gasteiger partial charge < -0.3 is 10.1 Å². The maximum absolute atomic E-state index is 11.1. The molecule has 3 nitrogen and oxygen atoms in total. The number of methoxy groups -OCH3 is 1. The first-order chi connectivity index (χ1) is 9.22. The third-order valence-electron chi connectivity index (χ3n) is 2.57. The number of esters is 1. The summed E-state index contributed by atoms with van der Waals surface area (Å²) < 4.78 is 4.57. The summed E-state index contributed by atoms with van der Waals surface area (Å²) in [5.41, 5.74) is 2.06. The van der Waals surface area contributed by atoms with Crippen molar-refractivity contribution in [1.82, 2.24) is 5.32 Å². The van der Waals surface area contributed by atoms with Gasteiger partial charge in [0.25, 0.3) is 0 Å². The summed E-state index contributed by atoms with van der Waals surface area (Å²) in [4.78, 5) is 12.8. The molecule has 5 heteroatoms. The molecule has 98 valence electrons. The first kappa shape index (κ1) is 13.7. The SMILES string of the molecule is COC(=O)CNC(=S)c1ccsc1-c1ccccc1. The van der Waals surface area contributed by atoms with E-state index in [1.54, 1.807) is 11.3 Å². The van der Waals surface area contributed by atoms with Crippen molar-refractivity contribution in [3.63, 3.8) is 0 Å². The van der Waals surface area contributed by atoms with Gasteiger partial charge in [0, 0.05) is 10.4 Å². The summed E-state index contributed by atoms with van der Waals surface area (Å²) in [5, 5.41) is 4.90. The lowest BCUT2D eigenvalue weighted by molar-refractivity contribution is -0.139. The summed E-state index contributed by atoms with van der Waals surface area (Å²) in [7, 11) is 1.35. The van der Waals surface area contributed by atoms with Crippen LogP contribution < -0.4 is 5.32 Å². The van der Waals surface area contributed by atoms with E-state index in [1.807, 2.05) is 41.8 Å². The molecule has 2 aromatic rings. The molecule has 0 bridgehead atoms. The molecule has 0 fully saturated rings. The third kappa shape index (κ3) is 3.39. The van der Waals surface area contributed by atoms with Crippen molar-refractivity contribution in [1.29, 1.82) is 0 Å². The zero-order chi connectivity index (χ0) is 13.7. The predicted octanol–water partition coefficient (Wildman–Crippen LogP) is 2.85. The average Bonchev–Trinajstić information content (AvgIpc) is 2.94. The molecule has 0 unspecified atom stereocenters. The van der Waals surface area contributed by atoms with Crippen LogP contribution in [0.3, 0.4) is 0 Å². The minimum Gasteiger partial charge on any atom is -0.468 e. The lowest BCUT2D eigenvalue weighted by Crippen LogP contribution is -2.29. The number of hydrogen-bond donors (Lipinski definition) is 1. The summed E-state index contributed by atoms with van der Waals surface area (Å²) >= 11 is 6.94. The average molecular weight is 291 g/mol. The highest BCUT2D eigenvalue weighted by molar-refractivity contribution is 7.80.